The molecule has 0 fully saturated rings. The number of carboxylic acid groups (broad SMARTS) is 1. The number of amides is 2. The van der Waals surface area contributed by atoms with Gasteiger partial charge in [-0.3, -0.25) is 9.78 Å². The molecule has 0 radical (unpaired) electrons. The Hall–Kier alpha value is -4.01. The second-order valence-electron chi connectivity index (χ2n) is 7.88. The van der Waals surface area contributed by atoms with Gasteiger partial charge in [-0.2, -0.15) is 0 Å². The minimum atomic E-state index is -1.24. The van der Waals surface area contributed by atoms with E-state index in [-0.39, 0.29) is 18.9 Å². The maximum absolute atomic E-state index is 12.8. The van der Waals surface area contributed by atoms with Crippen molar-refractivity contribution >= 4 is 29.0 Å². The molecule has 9 heteroatoms. The molecule has 9 nitrogen and oxygen atoms in total. The van der Waals surface area contributed by atoms with E-state index in [0.717, 1.165) is 5.56 Å². The molecular formula is C24H26N4O5. The molecule has 33 heavy (non-hydrogen) atoms. The predicted molar refractivity (Wildman–Crippen MR) is 121 cm³/mol. The van der Waals surface area contributed by atoms with E-state index in [0.29, 0.717) is 16.7 Å². The van der Waals surface area contributed by atoms with Crippen LogP contribution in [0.5, 0.6) is 0 Å². The summed E-state index contributed by atoms with van der Waals surface area (Å²) in [6, 6.07) is 14.1. The van der Waals surface area contributed by atoms with E-state index in [1.165, 1.54) is 6.20 Å². The fourth-order valence-corrected chi connectivity index (χ4v) is 3.19. The van der Waals surface area contributed by atoms with Crippen LogP contribution < -0.4 is 10.6 Å². The van der Waals surface area contributed by atoms with Crippen molar-refractivity contribution in [3.05, 3.63) is 72.1 Å². The van der Waals surface area contributed by atoms with Crippen molar-refractivity contribution in [1.82, 2.24) is 20.6 Å². The molecule has 2 amide bonds. The number of hydrogen-bond acceptors (Lipinski definition) is 6. The monoisotopic (exact) mass is 450 g/mol. The Kier molecular flexibility index (Phi) is 7.91. The van der Waals surface area contributed by atoms with E-state index < -0.39 is 30.1 Å². The molecule has 0 saturated carbocycles. The lowest BCUT2D eigenvalue weighted by molar-refractivity contribution is -0.142. The second kappa shape index (κ2) is 11.0. The lowest BCUT2D eigenvalue weighted by Crippen LogP contribution is -2.54. The average Bonchev–Trinajstić information content (AvgIpc) is 2.81. The van der Waals surface area contributed by atoms with Crippen molar-refractivity contribution in [3.8, 4) is 0 Å². The van der Waals surface area contributed by atoms with Gasteiger partial charge in [0, 0.05) is 12.6 Å². The number of hydrogen-bond donors (Lipinski definition) is 3. The van der Waals surface area contributed by atoms with E-state index in [2.05, 4.69) is 20.6 Å². The van der Waals surface area contributed by atoms with Crippen LogP contribution >= 0.6 is 0 Å². The minimum absolute atomic E-state index is 0.0531. The van der Waals surface area contributed by atoms with Crippen LogP contribution in [-0.2, 0) is 27.4 Å². The van der Waals surface area contributed by atoms with Gasteiger partial charge in [0.2, 0.25) is 5.91 Å². The highest BCUT2D eigenvalue weighted by Gasteiger charge is 2.29. The van der Waals surface area contributed by atoms with Gasteiger partial charge in [0.15, 0.2) is 0 Å². The number of ether oxygens (including phenoxy) is 1. The van der Waals surface area contributed by atoms with Gasteiger partial charge in [-0.25, -0.2) is 14.6 Å². The van der Waals surface area contributed by atoms with Gasteiger partial charge < -0.3 is 20.5 Å². The molecule has 3 N–H and O–H groups in total. The van der Waals surface area contributed by atoms with Crippen LogP contribution in [0.4, 0.5) is 4.79 Å². The first kappa shape index (κ1) is 23.6. The van der Waals surface area contributed by atoms with Gasteiger partial charge in [-0.15, -0.1) is 0 Å². The SMILES string of the molecule is CC(C)[C@@H](NC(=O)OCc1ccccc1)C(=O)N[C@H](Cc1cnc2ccccc2n1)C(=O)O. The third kappa shape index (κ3) is 6.73. The molecule has 0 unspecified atom stereocenters. The average molecular weight is 450 g/mol. The summed E-state index contributed by atoms with van der Waals surface area (Å²) >= 11 is 0. The van der Waals surface area contributed by atoms with Gasteiger partial charge >= 0.3 is 12.1 Å². The molecule has 2 atom stereocenters. The number of alkyl carbamates (subject to hydrolysis) is 1. The fourth-order valence-electron chi connectivity index (χ4n) is 3.19. The summed E-state index contributed by atoms with van der Waals surface area (Å²) in [5, 5.41) is 14.7. The number of carboxylic acids is 1. The fraction of sp³-hybridized carbons (Fsp3) is 0.292. The number of nitrogens with one attached hydrogen (secondary N) is 2. The zero-order chi connectivity index (χ0) is 23.8. The Morgan fingerprint density at radius 1 is 0.970 bits per heavy atom. The van der Waals surface area contributed by atoms with Crippen LogP contribution in [0, 0.1) is 5.92 Å². The van der Waals surface area contributed by atoms with Crippen LogP contribution in [0.15, 0.2) is 60.8 Å². The molecule has 172 valence electrons. The third-order valence-electron chi connectivity index (χ3n) is 4.96. The number of aliphatic carboxylic acids is 1. The van der Waals surface area contributed by atoms with Crippen molar-refractivity contribution in [2.24, 2.45) is 5.92 Å². The molecule has 1 heterocycles. The van der Waals surface area contributed by atoms with Gasteiger partial charge in [0.05, 0.1) is 16.7 Å². The molecule has 1 aromatic heterocycles. The Morgan fingerprint density at radius 3 is 2.30 bits per heavy atom. The summed E-state index contributed by atoms with van der Waals surface area (Å²) in [4.78, 5) is 45.6. The summed E-state index contributed by atoms with van der Waals surface area (Å²) in [7, 11) is 0. The Bertz CT molecular complexity index is 1120. The first-order valence-corrected chi connectivity index (χ1v) is 10.5. The van der Waals surface area contributed by atoms with E-state index in [1.807, 2.05) is 42.5 Å². The molecule has 2 aromatic carbocycles. The highest BCUT2D eigenvalue weighted by molar-refractivity contribution is 5.89. The number of fused-ring (bicyclic) bond motifs is 1. The van der Waals surface area contributed by atoms with Crippen LogP contribution in [-0.4, -0.2) is 45.1 Å². The second-order valence-corrected chi connectivity index (χ2v) is 7.88. The predicted octanol–water partition coefficient (Wildman–Crippen LogP) is 2.69. The zero-order valence-corrected chi connectivity index (χ0v) is 18.4. The van der Waals surface area contributed by atoms with E-state index in [1.54, 1.807) is 26.0 Å². The third-order valence-corrected chi connectivity index (χ3v) is 4.96. The van der Waals surface area contributed by atoms with Crippen LogP contribution in [0.3, 0.4) is 0 Å². The van der Waals surface area contributed by atoms with E-state index in [4.69, 9.17) is 4.74 Å². The minimum Gasteiger partial charge on any atom is -0.480 e. The zero-order valence-electron chi connectivity index (χ0n) is 18.4. The maximum Gasteiger partial charge on any atom is 0.408 e. The number of carbonyl (C=O) groups is 3. The first-order chi connectivity index (χ1) is 15.8. The highest BCUT2D eigenvalue weighted by atomic mass is 16.5. The first-order valence-electron chi connectivity index (χ1n) is 10.5. The van der Waals surface area contributed by atoms with Crippen molar-refractivity contribution in [2.75, 3.05) is 0 Å². The number of para-hydroxylation sites is 2. The van der Waals surface area contributed by atoms with Crippen LogP contribution in [0.25, 0.3) is 11.0 Å². The van der Waals surface area contributed by atoms with Gasteiger partial charge in [0.1, 0.15) is 18.7 Å². The molecule has 0 aliphatic carbocycles. The van der Waals surface area contributed by atoms with Crippen molar-refractivity contribution in [2.45, 2.75) is 39.0 Å². The topological polar surface area (TPSA) is 131 Å². The summed E-state index contributed by atoms with van der Waals surface area (Å²) < 4.78 is 5.18. The van der Waals surface area contributed by atoms with Gasteiger partial charge in [0.25, 0.3) is 0 Å². The van der Waals surface area contributed by atoms with E-state index in [9.17, 15) is 19.5 Å². The molecule has 3 rings (SSSR count). The molecule has 3 aromatic rings. The number of nitrogens with zero attached hydrogens (tertiary/aromatic N) is 2. The lowest BCUT2D eigenvalue weighted by Gasteiger charge is -2.23. The largest absolute Gasteiger partial charge is 0.480 e. The number of carbonyl (C=O) groups excluding carboxylic acids is 2. The smallest absolute Gasteiger partial charge is 0.408 e. The standard InChI is InChI=1S/C24H26N4O5/c1-15(2)21(28-24(32)33-14-16-8-4-3-5-9-16)22(29)27-20(23(30)31)12-17-13-25-18-10-6-7-11-19(18)26-17/h3-11,13,15,20-21H,12,14H2,1-2H3,(H,27,29)(H,28,32)(H,30,31)/t20-,21-/m1/s1. The molecule has 0 bridgehead atoms. The van der Waals surface area contributed by atoms with E-state index >= 15 is 0 Å². The highest BCUT2D eigenvalue weighted by Crippen LogP contribution is 2.11. The molecule has 0 saturated heterocycles. The molecular weight excluding hydrogens is 424 g/mol. The molecule has 0 aliphatic rings. The van der Waals surface area contributed by atoms with Crippen molar-refractivity contribution in [1.29, 1.82) is 0 Å². The maximum atomic E-state index is 12.8. The van der Waals surface area contributed by atoms with Crippen molar-refractivity contribution in [3.63, 3.8) is 0 Å². The number of benzene rings is 2. The normalized spacial score (nSPS) is 12.7. The van der Waals surface area contributed by atoms with Crippen molar-refractivity contribution < 1.29 is 24.2 Å². The van der Waals surface area contributed by atoms with Gasteiger partial charge in [-0.1, -0.05) is 56.3 Å². The van der Waals surface area contributed by atoms with Crippen LogP contribution in [0.1, 0.15) is 25.1 Å². The summed E-state index contributed by atoms with van der Waals surface area (Å²) in [5.74, 6) is -2.14. The summed E-state index contributed by atoms with van der Waals surface area (Å²) in [6.45, 7) is 3.54. The quantitative estimate of drug-likeness (QED) is 0.457. The number of rotatable bonds is 9. The number of aromatic nitrogens is 2. The van der Waals surface area contributed by atoms with Gasteiger partial charge in [-0.05, 0) is 23.6 Å². The lowest BCUT2D eigenvalue weighted by atomic mass is 10.0. The summed E-state index contributed by atoms with van der Waals surface area (Å²) in [5.41, 5.74) is 2.56. The molecule has 0 aliphatic heterocycles. The Labute approximate surface area is 191 Å². The Morgan fingerprint density at radius 2 is 1.64 bits per heavy atom. The van der Waals surface area contributed by atoms with Crippen LogP contribution in [0.2, 0.25) is 0 Å². The molecule has 0 spiro atoms. The Balaban J connectivity index is 1.63. The summed E-state index contributed by atoms with van der Waals surface area (Å²) in [6.07, 6.45) is 0.672.